The van der Waals surface area contributed by atoms with Crippen LogP contribution in [0.4, 0.5) is 0 Å². The van der Waals surface area contributed by atoms with Crippen molar-refractivity contribution in [2.24, 2.45) is 0 Å². The van der Waals surface area contributed by atoms with Crippen LogP contribution < -0.4 is 0 Å². The summed E-state index contributed by atoms with van der Waals surface area (Å²) in [6, 6.07) is 12.0. The van der Waals surface area contributed by atoms with Crippen LogP contribution in [0, 0.1) is 6.92 Å². The molecule has 108 valence electrons. The second-order valence-electron chi connectivity index (χ2n) is 4.85. The van der Waals surface area contributed by atoms with Crippen LogP contribution in [-0.2, 0) is 17.2 Å². The molecule has 0 unspecified atom stereocenters. The number of hydrogen-bond acceptors (Lipinski definition) is 3. The summed E-state index contributed by atoms with van der Waals surface area (Å²) in [5.41, 5.74) is 4.72. The summed E-state index contributed by atoms with van der Waals surface area (Å²) < 4.78 is 7.31. The van der Waals surface area contributed by atoms with E-state index in [0.717, 1.165) is 33.9 Å². The summed E-state index contributed by atoms with van der Waals surface area (Å²) >= 11 is 6.08. The van der Waals surface area contributed by atoms with Crippen molar-refractivity contribution in [2.75, 3.05) is 7.11 Å². The SMILES string of the molecule is COCc1ccccc1-n1c(CCl)nc2ccc(C)nc21. The number of hydrogen-bond donors (Lipinski definition) is 0. The molecule has 0 amide bonds. The molecule has 21 heavy (non-hydrogen) atoms. The summed E-state index contributed by atoms with van der Waals surface area (Å²) in [5.74, 6) is 1.12. The van der Waals surface area contributed by atoms with Crippen molar-refractivity contribution in [1.29, 1.82) is 0 Å². The largest absolute Gasteiger partial charge is 0.380 e. The number of fused-ring (bicyclic) bond motifs is 1. The number of aromatic nitrogens is 3. The first-order valence-electron chi connectivity index (χ1n) is 6.72. The van der Waals surface area contributed by atoms with Crippen molar-refractivity contribution in [3.63, 3.8) is 0 Å². The molecule has 0 aliphatic heterocycles. The Labute approximate surface area is 128 Å². The standard InChI is InChI=1S/C16H16ClN3O/c1-11-7-8-13-16(18-11)20(15(9-17)19-13)14-6-4-3-5-12(14)10-21-2/h3-8H,9-10H2,1-2H3. The van der Waals surface area contributed by atoms with Gasteiger partial charge in [-0.05, 0) is 25.1 Å². The van der Waals surface area contributed by atoms with Gasteiger partial charge >= 0.3 is 0 Å². The van der Waals surface area contributed by atoms with Crippen LogP contribution >= 0.6 is 11.6 Å². The number of pyridine rings is 1. The third-order valence-corrected chi connectivity index (χ3v) is 3.60. The normalized spacial score (nSPS) is 11.2. The Morgan fingerprint density at radius 1 is 1.14 bits per heavy atom. The van der Waals surface area contributed by atoms with Gasteiger partial charge in [0.25, 0.3) is 0 Å². The average molecular weight is 302 g/mol. The summed E-state index contributed by atoms with van der Waals surface area (Å²) in [5, 5.41) is 0. The fourth-order valence-electron chi connectivity index (χ4n) is 2.45. The molecule has 0 saturated carbocycles. The van der Waals surface area contributed by atoms with Crippen LogP contribution in [0.2, 0.25) is 0 Å². The molecule has 0 radical (unpaired) electrons. The first kappa shape index (κ1) is 14.0. The summed E-state index contributed by atoms with van der Waals surface area (Å²) in [7, 11) is 1.69. The fourth-order valence-corrected chi connectivity index (χ4v) is 2.63. The Morgan fingerprint density at radius 3 is 2.71 bits per heavy atom. The molecule has 0 atom stereocenters. The van der Waals surface area contributed by atoms with E-state index < -0.39 is 0 Å². The lowest BCUT2D eigenvalue weighted by Gasteiger charge is -2.12. The van der Waals surface area contributed by atoms with Gasteiger partial charge in [0.2, 0.25) is 0 Å². The molecule has 0 bridgehead atoms. The molecule has 4 nitrogen and oxygen atoms in total. The van der Waals surface area contributed by atoms with Gasteiger partial charge in [0, 0.05) is 18.4 Å². The van der Waals surface area contributed by atoms with Gasteiger partial charge in [-0.25, -0.2) is 9.97 Å². The van der Waals surface area contributed by atoms with Gasteiger partial charge in [0.1, 0.15) is 11.3 Å². The maximum absolute atomic E-state index is 6.08. The van der Waals surface area contributed by atoms with Crippen molar-refractivity contribution in [3.05, 3.63) is 53.5 Å². The van der Waals surface area contributed by atoms with Crippen molar-refractivity contribution < 1.29 is 4.74 Å². The van der Waals surface area contributed by atoms with E-state index in [0.29, 0.717) is 12.5 Å². The summed E-state index contributed by atoms with van der Waals surface area (Å²) in [6.07, 6.45) is 0. The monoisotopic (exact) mass is 301 g/mol. The van der Waals surface area contributed by atoms with Gasteiger partial charge in [-0.1, -0.05) is 18.2 Å². The number of halogens is 1. The molecule has 0 aliphatic carbocycles. The second kappa shape index (κ2) is 5.84. The third-order valence-electron chi connectivity index (χ3n) is 3.37. The van der Waals surface area contributed by atoms with Crippen molar-refractivity contribution in [1.82, 2.24) is 14.5 Å². The number of nitrogens with zero attached hydrogens (tertiary/aromatic N) is 3. The minimum absolute atomic E-state index is 0.330. The van der Waals surface area contributed by atoms with E-state index in [4.69, 9.17) is 16.3 Å². The predicted octanol–water partition coefficient (Wildman–Crippen LogP) is 3.61. The molecule has 1 aromatic carbocycles. The average Bonchev–Trinajstić information content (AvgIpc) is 2.86. The number of alkyl halides is 1. The van der Waals surface area contributed by atoms with E-state index in [1.54, 1.807) is 7.11 Å². The first-order chi connectivity index (χ1) is 10.2. The third kappa shape index (κ3) is 2.52. The van der Waals surface area contributed by atoms with E-state index in [1.807, 2.05) is 47.9 Å². The zero-order valence-electron chi connectivity index (χ0n) is 12.0. The van der Waals surface area contributed by atoms with Crippen molar-refractivity contribution in [2.45, 2.75) is 19.4 Å². The van der Waals surface area contributed by atoms with Crippen LogP contribution in [0.15, 0.2) is 36.4 Å². The highest BCUT2D eigenvalue weighted by atomic mass is 35.5. The maximum Gasteiger partial charge on any atom is 0.164 e. The highest BCUT2D eigenvalue weighted by Gasteiger charge is 2.15. The Kier molecular flexibility index (Phi) is 3.90. The van der Waals surface area contributed by atoms with Crippen molar-refractivity contribution in [3.8, 4) is 5.69 Å². The summed E-state index contributed by atoms with van der Waals surface area (Å²) in [4.78, 5) is 9.20. The van der Waals surface area contributed by atoms with Crippen LogP contribution in [0.3, 0.4) is 0 Å². The molecule has 0 fully saturated rings. The molecule has 0 spiro atoms. The maximum atomic E-state index is 6.08. The van der Waals surface area contributed by atoms with E-state index in [2.05, 4.69) is 9.97 Å². The molecule has 0 saturated heterocycles. The topological polar surface area (TPSA) is 39.9 Å². The van der Waals surface area contributed by atoms with Crippen LogP contribution in [0.25, 0.3) is 16.9 Å². The first-order valence-corrected chi connectivity index (χ1v) is 7.26. The van der Waals surface area contributed by atoms with E-state index in [1.165, 1.54) is 0 Å². The van der Waals surface area contributed by atoms with Gasteiger partial charge in [0.05, 0.1) is 18.2 Å². The molecule has 3 rings (SSSR count). The van der Waals surface area contributed by atoms with Crippen molar-refractivity contribution >= 4 is 22.8 Å². The minimum Gasteiger partial charge on any atom is -0.380 e. The number of aryl methyl sites for hydroxylation is 1. The van der Waals surface area contributed by atoms with Crippen LogP contribution in [0.5, 0.6) is 0 Å². The molecule has 0 N–H and O–H groups in total. The van der Waals surface area contributed by atoms with Crippen LogP contribution in [0.1, 0.15) is 17.1 Å². The fraction of sp³-hybridized carbons (Fsp3) is 0.250. The number of ether oxygens (including phenoxy) is 1. The van der Waals surface area contributed by atoms with E-state index in [9.17, 15) is 0 Å². The smallest absolute Gasteiger partial charge is 0.164 e. The lowest BCUT2D eigenvalue weighted by atomic mass is 10.2. The molecule has 0 aliphatic rings. The minimum atomic E-state index is 0.330. The number of rotatable bonds is 4. The van der Waals surface area contributed by atoms with Crippen LogP contribution in [-0.4, -0.2) is 21.6 Å². The number of para-hydroxylation sites is 1. The Morgan fingerprint density at radius 2 is 1.95 bits per heavy atom. The van der Waals surface area contributed by atoms with E-state index >= 15 is 0 Å². The second-order valence-corrected chi connectivity index (χ2v) is 5.12. The molecule has 3 aromatic rings. The Bertz CT molecular complexity index is 782. The number of benzene rings is 1. The quantitative estimate of drug-likeness (QED) is 0.691. The Hall–Kier alpha value is -1.91. The Balaban J connectivity index is 2.30. The number of imidazole rings is 1. The van der Waals surface area contributed by atoms with Gasteiger partial charge in [0.15, 0.2) is 5.65 Å². The van der Waals surface area contributed by atoms with Gasteiger partial charge in [-0.15, -0.1) is 11.6 Å². The highest BCUT2D eigenvalue weighted by molar-refractivity contribution is 6.16. The molecule has 2 aromatic heterocycles. The van der Waals surface area contributed by atoms with Gasteiger partial charge < -0.3 is 4.74 Å². The predicted molar refractivity (Wildman–Crippen MR) is 83.9 cm³/mol. The highest BCUT2D eigenvalue weighted by Crippen LogP contribution is 2.24. The molecular formula is C16H16ClN3O. The summed E-state index contributed by atoms with van der Waals surface area (Å²) in [6.45, 7) is 2.50. The lowest BCUT2D eigenvalue weighted by molar-refractivity contribution is 0.185. The lowest BCUT2D eigenvalue weighted by Crippen LogP contribution is -2.05. The zero-order chi connectivity index (χ0) is 14.8. The van der Waals surface area contributed by atoms with Gasteiger partial charge in [-0.3, -0.25) is 4.57 Å². The molecular weight excluding hydrogens is 286 g/mol. The molecule has 5 heteroatoms. The zero-order valence-corrected chi connectivity index (χ0v) is 12.8. The molecule has 2 heterocycles. The van der Waals surface area contributed by atoms with Gasteiger partial charge in [-0.2, -0.15) is 0 Å². The number of methoxy groups -OCH3 is 1. The van der Waals surface area contributed by atoms with E-state index in [-0.39, 0.29) is 0 Å².